The number of benzene rings is 1. The van der Waals surface area contributed by atoms with Crippen LogP contribution in [-0.2, 0) is 16.5 Å². The van der Waals surface area contributed by atoms with E-state index in [0.29, 0.717) is 12.0 Å². The van der Waals surface area contributed by atoms with E-state index < -0.39 is 10.1 Å². The lowest BCUT2D eigenvalue weighted by molar-refractivity contribution is 0.482. The highest BCUT2D eigenvalue weighted by atomic mass is 32.2. The van der Waals surface area contributed by atoms with Crippen LogP contribution in [0.15, 0.2) is 29.2 Å². The molecule has 0 atom stereocenters. The molecule has 1 N–H and O–H groups in total. The lowest BCUT2D eigenvalue weighted by Crippen LogP contribution is -2.01. The van der Waals surface area contributed by atoms with Crippen LogP contribution >= 0.6 is 0 Å². The normalized spacial score (nSPS) is 10.3. The molecule has 0 amide bonds. The third kappa shape index (κ3) is 3.47. The third-order valence-corrected chi connectivity index (χ3v) is 2.59. The Hall–Kier alpha value is -0.870. The second-order valence-electron chi connectivity index (χ2n) is 2.44. The molecule has 0 spiro atoms. The molecule has 0 bridgehead atoms. The van der Waals surface area contributed by atoms with Gasteiger partial charge in [-0.05, 0) is 18.1 Å². The Morgan fingerprint density at radius 2 is 1.71 bits per heavy atom. The zero-order valence-corrected chi connectivity index (χ0v) is 9.50. The number of hydrogen-bond acceptors (Lipinski definition) is 2. The maximum absolute atomic E-state index is 10.8. The molecule has 0 saturated heterocycles. The first-order chi connectivity index (χ1) is 6.55. The number of aryl methyl sites for hydroxylation is 1. The average molecular weight is 216 g/mol. The van der Waals surface area contributed by atoms with Gasteiger partial charge in [0.2, 0.25) is 0 Å². The second-order valence-corrected chi connectivity index (χ2v) is 3.83. The van der Waals surface area contributed by atoms with Crippen LogP contribution in [0, 0.1) is 0 Å². The highest BCUT2D eigenvalue weighted by molar-refractivity contribution is 7.85. The molecule has 3 nitrogen and oxygen atoms in total. The van der Waals surface area contributed by atoms with E-state index in [1.165, 1.54) is 6.07 Å². The Morgan fingerprint density at radius 1 is 1.21 bits per heavy atom. The van der Waals surface area contributed by atoms with Gasteiger partial charge in [-0.3, -0.25) is 4.55 Å². The van der Waals surface area contributed by atoms with Crippen molar-refractivity contribution in [3.05, 3.63) is 29.8 Å². The molecule has 1 aromatic carbocycles. The summed E-state index contributed by atoms with van der Waals surface area (Å²) in [6.45, 7) is 5.84. The summed E-state index contributed by atoms with van der Waals surface area (Å²) in [6.07, 6.45) is 0.593. The van der Waals surface area contributed by atoms with Gasteiger partial charge in [-0.2, -0.15) is 8.42 Å². The van der Waals surface area contributed by atoms with Crippen LogP contribution < -0.4 is 0 Å². The maximum Gasteiger partial charge on any atom is 0.294 e. The summed E-state index contributed by atoms with van der Waals surface area (Å²) < 4.78 is 30.3. The molecule has 4 heteroatoms. The Morgan fingerprint density at radius 3 is 2.07 bits per heavy atom. The van der Waals surface area contributed by atoms with Crippen LogP contribution in [0.5, 0.6) is 0 Å². The molecule has 0 aliphatic rings. The summed E-state index contributed by atoms with van der Waals surface area (Å²) in [5, 5.41) is 0. The summed E-state index contributed by atoms with van der Waals surface area (Å²) in [5.74, 6) is 0. The van der Waals surface area contributed by atoms with Crippen molar-refractivity contribution in [2.75, 3.05) is 0 Å². The van der Waals surface area contributed by atoms with Crippen LogP contribution in [-0.4, -0.2) is 13.0 Å². The molecule has 0 aliphatic carbocycles. The van der Waals surface area contributed by atoms with E-state index in [1.54, 1.807) is 18.2 Å². The van der Waals surface area contributed by atoms with Crippen molar-refractivity contribution in [3.63, 3.8) is 0 Å². The topological polar surface area (TPSA) is 54.4 Å². The Labute approximate surface area is 85.5 Å². The van der Waals surface area contributed by atoms with E-state index in [4.69, 9.17) is 4.55 Å². The quantitative estimate of drug-likeness (QED) is 0.773. The van der Waals surface area contributed by atoms with Crippen molar-refractivity contribution >= 4 is 10.1 Å². The monoisotopic (exact) mass is 216 g/mol. The maximum atomic E-state index is 10.8. The summed E-state index contributed by atoms with van der Waals surface area (Å²) in [7, 11) is -4.05. The van der Waals surface area contributed by atoms with Gasteiger partial charge >= 0.3 is 0 Å². The second kappa shape index (κ2) is 5.78. The van der Waals surface area contributed by atoms with Crippen molar-refractivity contribution in [3.8, 4) is 0 Å². The molecule has 0 heterocycles. The van der Waals surface area contributed by atoms with Crippen LogP contribution in [0.2, 0.25) is 0 Å². The Bertz CT molecular complexity index is 369. The molecular weight excluding hydrogens is 200 g/mol. The predicted octanol–water partition coefficient (Wildman–Crippen LogP) is 2.52. The summed E-state index contributed by atoms with van der Waals surface area (Å²) >= 11 is 0. The molecule has 80 valence electrons. The van der Waals surface area contributed by atoms with Gasteiger partial charge in [0, 0.05) is 0 Å². The first kappa shape index (κ1) is 13.1. The molecule has 0 aliphatic heterocycles. The first-order valence-corrected chi connectivity index (χ1v) is 6.05. The summed E-state index contributed by atoms with van der Waals surface area (Å²) in [6, 6.07) is 6.41. The van der Waals surface area contributed by atoms with Crippen LogP contribution in [0.4, 0.5) is 0 Å². The fraction of sp³-hybridized carbons (Fsp3) is 0.400. The molecule has 0 fully saturated rings. The molecule has 0 unspecified atom stereocenters. The van der Waals surface area contributed by atoms with Gasteiger partial charge in [-0.25, -0.2) is 0 Å². The molecule has 14 heavy (non-hydrogen) atoms. The summed E-state index contributed by atoms with van der Waals surface area (Å²) in [5.41, 5.74) is 0.639. The van der Waals surface area contributed by atoms with Gasteiger partial charge in [-0.1, -0.05) is 39.0 Å². The molecule has 0 saturated carbocycles. The van der Waals surface area contributed by atoms with Crippen molar-refractivity contribution in [2.24, 2.45) is 0 Å². The molecule has 1 aromatic rings. The fourth-order valence-electron chi connectivity index (χ4n) is 1.05. The van der Waals surface area contributed by atoms with Gasteiger partial charge in [0.15, 0.2) is 0 Å². The molecule has 0 radical (unpaired) electrons. The van der Waals surface area contributed by atoms with Crippen molar-refractivity contribution in [2.45, 2.75) is 32.1 Å². The van der Waals surface area contributed by atoms with Gasteiger partial charge in [-0.15, -0.1) is 0 Å². The van der Waals surface area contributed by atoms with Gasteiger partial charge in [0.05, 0.1) is 4.90 Å². The molecular formula is C10H16O3S. The van der Waals surface area contributed by atoms with Gasteiger partial charge in [0.1, 0.15) is 0 Å². The largest absolute Gasteiger partial charge is 0.294 e. The minimum atomic E-state index is -4.05. The highest BCUT2D eigenvalue weighted by Gasteiger charge is 2.12. The van der Waals surface area contributed by atoms with Crippen LogP contribution in [0.3, 0.4) is 0 Å². The predicted molar refractivity (Wildman–Crippen MR) is 57.0 cm³/mol. The first-order valence-electron chi connectivity index (χ1n) is 4.61. The molecule has 0 aromatic heterocycles. The van der Waals surface area contributed by atoms with E-state index in [0.717, 1.165) is 0 Å². The zero-order valence-electron chi connectivity index (χ0n) is 8.69. The Balaban J connectivity index is 0.000000791. The smallest absolute Gasteiger partial charge is 0.282 e. The van der Waals surface area contributed by atoms with Gasteiger partial charge < -0.3 is 0 Å². The molecule has 1 rings (SSSR count). The summed E-state index contributed by atoms with van der Waals surface area (Å²) in [4.78, 5) is 0.00694. The average Bonchev–Trinajstić information content (AvgIpc) is 2.19. The zero-order chi connectivity index (χ0) is 11.2. The number of rotatable bonds is 2. The lowest BCUT2D eigenvalue weighted by Gasteiger charge is -2.02. The fourth-order valence-corrected chi connectivity index (χ4v) is 1.84. The van der Waals surface area contributed by atoms with E-state index >= 15 is 0 Å². The third-order valence-electron chi connectivity index (χ3n) is 1.63. The van der Waals surface area contributed by atoms with E-state index in [-0.39, 0.29) is 4.90 Å². The standard InChI is InChI=1S/C8H10O3S.C2H6/c1-2-7-5-3-4-6-8(7)12(9,10)11;1-2/h3-6H,2H2,1H3,(H,9,10,11);1-2H3. The van der Waals surface area contributed by atoms with Gasteiger partial charge in [0.25, 0.3) is 10.1 Å². The Kier molecular flexibility index (Phi) is 5.42. The van der Waals surface area contributed by atoms with Crippen LogP contribution in [0.25, 0.3) is 0 Å². The van der Waals surface area contributed by atoms with Crippen LogP contribution in [0.1, 0.15) is 26.3 Å². The van der Waals surface area contributed by atoms with Crippen molar-refractivity contribution in [1.82, 2.24) is 0 Å². The number of hydrogen-bond donors (Lipinski definition) is 1. The highest BCUT2D eigenvalue weighted by Crippen LogP contribution is 2.14. The minimum absolute atomic E-state index is 0.00694. The van der Waals surface area contributed by atoms with E-state index in [2.05, 4.69) is 0 Å². The van der Waals surface area contributed by atoms with Crippen molar-refractivity contribution < 1.29 is 13.0 Å². The van der Waals surface area contributed by atoms with E-state index in [9.17, 15) is 8.42 Å². The van der Waals surface area contributed by atoms with Crippen molar-refractivity contribution in [1.29, 1.82) is 0 Å². The minimum Gasteiger partial charge on any atom is -0.282 e. The lowest BCUT2D eigenvalue weighted by atomic mass is 10.2. The van der Waals surface area contributed by atoms with E-state index in [1.807, 2.05) is 20.8 Å². The SMILES string of the molecule is CC.CCc1ccccc1S(=O)(=O)O.